The van der Waals surface area contributed by atoms with Crippen molar-refractivity contribution < 1.29 is 19.4 Å². The van der Waals surface area contributed by atoms with Gasteiger partial charge in [-0.3, -0.25) is 0 Å². The second kappa shape index (κ2) is 13.5. The van der Waals surface area contributed by atoms with E-state index in [0.29, 0.717) is 50.6 Å². The molecule has 2 heterocycles. The van der Waals surface area contributed by atoms with Crippen molar-refractivity contribution in [3.8, 4) is 11.1 Å². The highest BCUT2D eigenvalue weighted by Crippen LogP contribution is 2.45. The number of halogens is 1. The maximum atomic E-state index is 13.4. The predicted molar refractivity (Wildman–Crippen MR) is 154 cm³/mol. The van der Waals surface area contributed by atoms with E-state index in [0.717, 1.165) is 49.0 Å². The van der Waals surface area contributed by atoms with E-state index in [1.807, 2.05) is 40.1 Å². The summed E-state index contributed by atoms with van der Waals surface area (Å²) in [6, 6.07) is 14.0. The maximum absolute atomic E-state index is 13.4. The predicted octanol–water partition coefficient (Wildman–Crippen LogP) is 4.63. The Labute approximate surface area is 236 Å². The number of benzene rings is 2. The molecule has 9 heteroatoms. The monoisotopic (exact) mass is 556 g/mol. The summed E-state index contributed by atoms with van der Waals surface area (Å²) < 4.78 is 4.71. The van der Waals surface area contributed by atoms with E-state index in [-0.39, 0.29) is 11.9 Å². The number of carbonyl (C=O) groups is 2. The lowest BCUT2D eigenvalue weighted by atomic mass is 9.72. The molecule has 212 valence electrons. The Hall–Kier alpha value is -2.81. The number of methoxy groups -OCH3 is 1. The summed E-state index contributed by atoms with van der Waals surface area (Å²) in [6.45, 7) is 6.59. The van der Waals surface area contributed by atoms with Crippen molar-refractivity contribution in [2.45, 2.75) is 44.6 Å². The van der Waals surface area contributed by atoms with Gasteiger partial charge in [-0.1, -0.05) is 54.9 Å². The first-order valence-electron chi connectivity index (χ1n) is 14.0. The first-order chi connectivity index (χ1) is 18.9. The number of piperazine rings is 1. The van der Waals surface area contributed by atoms with Crippen LogP contribution in [-0.4, -0.2) is 80.0 Å². The zero-order chi connectivity index (χ0) is 27.8. The summed E-state index contributed by atoms with van der Waals surface area (Å²) in [6.07, 6.45) is 2.93. The highest BCUT2D eigenvalue weighted by molar-refractivity contribution is 6.33. The molecule has 8 nitrogen and oxygen atoms in total. The lowest BCUT2D eigenvalue weighted by Gasteiger charge is -2.45. The van der Waals surface area contributed by atoms with Crippen molar-refractivity contribution in [2.24, 2.45) is 5.92 Å². The van der Waals surface area contributed by atoms with Crippen molar-refractivity contribution in [1.29, 1.82) is 0 Å². The van der Waals surface area contributed by atoms with E-state index < -0.39 is 11.7 Å². The molecule has 2 unspecified atom stereocenters. The zero-order valence-electron chi connectivity index (χ0n) is 23.0. The zero-order valence-corrected chi connectivity index (χ0v) is 23.8. The molecule has 2 fully saturated rings. The number of piperidine rings is 1. The van der Waals surface area contributed by atoms with Crippen LogP contribution in [0.3, 0.4) is 0 Å². The molecule has 2 aliphatic heterocycles. The third-order valence-corrected chi connectivity index (χ3v) is 8.36. The minimum Gasteiger partial charge on any atom is -0.453 e. The molecular formula is C30H41ClN4O4. The molecule has 0 spiro atoms. The smallest absolute Gasteiger partial charge is 0.406 e. The normalized spacial score (nSPS) is 19.3. The molecule has 2 atom stereocenters. The fourth-order valence-electron chi connectivity index (χ4n) is 5.90. The average molecular weight is 557 g/mol. The molecule has 3 amide bonds. The SMILES string of the molecule is CCc1cccc(-c2c(Cl)cccc2C(O)(CCCNC(=O)OC)C2CCCN(C(=O)N3CCNCC3)C2)c1. The maximum Gasteiger partial charge on any atom is 0.406 e. The molecule has 0 aromatic heterocycles. The molecular weight excluding hydrogens is 516 g/mol. The average Bonchev–Trinajstić information content (AvgIpc) is 2.99. The van der Waals surface area contributed by atoms with Crippen molar-refractivity contribution in [3.63, 3.8) is 0 Å². The van der Waals surface area contributed by atoms with Gasteiger partial charge in [-0.25, -0.2) is 9.59 Å². The molecule has 2 aromatic carbocycles. The topological polar surface area (TPSA) is 94.1 Å². The second-order valence-electron chi connectivity index (χ2n) is 10.5. The molecule has 0 bridgehead atoms. The first-order valence-corrected chi connectivity index (χ1v) is 14.4. The number of amides is 3. The summed E-state index contributed by atoms with van der Waals surface area (Å²) in [4.78, 5) is 28.9. The Balaban J connectivity index is 1.68. The van der Waals surface area contributed by atoms with Gasteiger partial charge in [0.1, 0.15) is 0 Å². The van der Waals surface area contributed by atoms with Crippen LogP contribution in [0.2, 0.25) is 5.02 Å². The van der Waals surface area contributed by atoms with Crippen LogP contribution in [0.15, 0.2) is 42.5 Å². The largest absolute Gasteiger partial charge is 0.453 e. The molecule has 0 radical (unpaired) electrons. The van der Waals surface area contributed by atoms with E-state index in [1.165, 1.54) is 12.7 Å². The van der Waals surface area contributed by atoms with Crippen LogP contribution >= 0.6 is 11.6 Å². The third kappa shape index (κ3) is 6.86. The second-order valence-corrected chi connectivity index (χ2v) is 10.9. The standard InChI is InChI=1S/C30H41ClN4O4/c1-3-22-8-4-9-23(20-22)27-25(11-5-12-26(27)31)30(38,13-7-14-33-28(36)39-2)24-10-6-17-35(21-24)29(37)34-18-15-32-16-19-34/h4-5,8-9,11-12,20,24,32,38H,3,6-7,10,13-19,21H2,1-2H3,(H,33,36). The van der Waals surface area contributed by atoms with Gasteiger partial charge >= 0.3 is 12.1 Å². The van der Waals surface area contributed by atoms with E-state index in [1.54, 1.807) is 0 Å². The van der Waals surface area contributed by atoms with Crippen molar-refractivity contribution >= 4 is 23.7 Å². The lowest BCUT2D eigenvalue weighted by molar-refractivity contribution is -0.0562. The third-order valence-electron chi connectivity index (χ3n) is 8.05. The number of likely N-dealkylation sites (tertiary alicyclic amines) is 1. The van der Waals surface area contributed by atoms with Crippen LogP contribution in [0.5, 0.6) is 0 Å². The highest BCUT2D eigenvalue weighted by atomic mass is 35.5. The van der Waals surface area contributed by atoms with Crippen LogP contribution in [0.1, 0.15) is 43.7 Å². The summed E-state index contributed by atoms with van der Waals surface area (Å²) in [5.41, 5.74) is 2.48. The molecule has 2 aromatic rings. The summed E-state index contributed by atoms with van der Waals surface area (Å²) in [5, 5.41) is 19.3. The minimum absolute atomic E-state index is 0.0397. The van der Waals surface area contributed by atoms with Gasteiger partial charge in [-0.2, -0.15) is 0 Å². The Morgan fingerprint density at radius 3 is 2.67 bits per heavy atom. The van der Waals surface area contributed by atoms with Crippen LogP contribution in [-0.2, 0) is 16.8 Å². The Kier molecular flexibility index (Phi) is 10.1. The number of carbonyl (C=O) groups excluding carboxylic acids is 2. The van der Waals surface area contributed by atoms with Gasteiger partial charge in [0.2, 0.25) is 0 Å². The fraction of sp³-hybridized carbons (Fsp3) is 0.533. The number of hydrogen-bond donors (Lipinski definition) is 3. The molecule has 39 heavy (non-hydrogen) atoms. The Morgan fingerprint density at radius 2 is 1.92 bits per heavy atom. The quantitative estimate of drug-likeness (QED) is 0.412. The molecule has 3 N–H and O–H groups in total. The van der Waals surface area contributed by atoms with Crippen LogP contribution in [0, 0.1) is 5.92 Å². The Morgan fingerprint density at radius 1 is 1.15 bits per heavy atom. The summed E-state index contributed by atoms with van der Waals surface area (Å²) in [7, 11) is 1.33. The number of aryl methyl sites for hydroxylation is 1. The molecule has 4 rings (SSSR count). The van der Waals surface area contributed by atoms with Gasteiger partial charge in [0, 0.05) is 62.3 Å². The van der Waals surface area contributed by atoms with E-state index in [9.17, 15) is 14.7 Å². The van der Waals surface area contributed by atoms with Gasteiger partial charge in [0.05, 0.1) is 12.7 Å². The number of urea groups is 1. The number of rotatable bonds is 8. The highest BCUT2D eigenvalue weighted by Gasteiger charge is 2.43. The summed E-state index contributed by atoms with van der Waals surface area (Å²) in [5.74, 6) is -0.192. The molecule has 2 saturated heterocycles. The number of aliphatic hydroxyl groups is 1. The summed E-state index contributed by atoms with van der Waals surface area (Å²) >= 11 is 6.85. The van der Waals surface area contributed by atoms with Gasteiger partial charge in [0.25, 0.3) is 0 Å². The first kappa shape index (κ1) is 29.2. The van der Waals surface area contributed by atoms with Gasteiger partial charge in [-0.15, -0.1) is 0 Å². The fourth-order valence-corrected chi connectivity index (χ4v) is 6.18. The lowest BCUT2D eigenvalue weighted by Crippen LogP contribution is -2.55. The van der Waals surface area contributed by atoms with Crippen molar-refractivity contribution in [3.05, 3.63) is 58.6 Å². The number of nitrogens with zero attached hydrogens (tertiary/aromatic N) is 2. The number of alkyl carbamates (subject to hydrolysis) is 1. The van der Waals surface area contributed by atoms with Crippen molar-refractivity contribution in [2.75, 3.05) is 52.9 Å². The van der Waals surface area contributed by atoms with Gasteiger partial charge < -0.3 is 30.3 Å². The van der Waals surface area contributed by atoms with Crippen molar-refractivity contribution in [1.82, 2.24) is 20.4 Å². The van der Waals surface area contributed by atoms with Gasteiger partial charge in [0.15, 0.2) is 0 Å². The molecule has 0 aliphatic carbocycles. The number of ether oxygens (including phenoxy) is 1. The minimum atomic E-state index is -1.26. The van der Waals surface area contributed by atoms with E-state index in [4.69, 9.17) is 16.3 Å². The van der Waals surface area contributed by atoms with Crippen LogP contribution in [0.25, 0.3) is 11.1 Å². The molecule has 0 saturated carbocycles. The van der Waals surface area contributed by atoms with E-state index >= 15 is 0 Å². The number of nitrogens with one attached hydrogen (secondary N) is 2. The van der Waals surface area contributed by atoms with E-state index in [2.05, 4.69) is 29.7 Å². The number of hydrogen-bond acceptors (Lipinski definition) is 5. The molecule has 2 aliphatic rings. The van der Waals surface area contributed by atoms with Crippen LogP contribution < -0.4 is 10.6 Å². The van der Waals surface area contributed by atoms with Gasteiger partial charge in [-0.05, 0) is 54.9 Å². The Bertz CT molecular complexity index is 1140. The van der Waals surface area contributed by atoms with Crippen LogP contribution in [0.4, 0.5) is 9.59 Å².